The van der Waals surface area contributed by atoms with E-state index >= 15 is 0 Å². The van der Waals surface area contributed by atoms with Crippen LogP contribution in [-0.2, 0) is 13.6 Å². The Morgan fingerprint density at radius 3 is 2.25 bits per heavy atom. The van der Waals surface area contributed by atoms with Crippen LogP contribution in [-0.4, -0.2) is 25.3 Å². The highest BCUT2D eigenvalue weighted by Gasteiger charge is 2.31. The first-order valence-corrected chi connectivity index (χ1v) is 5.53. The Balaban J connectivity index is 4.41. The van der Waals surface area contributed by atoms with Crippen molar-refractivity contribution in [3.8, 4) is 0 Å². The van der Waals surface area contributed by atoms with E-state index in [9.17, 15) is 4.57 Å². The molecule has 0 amide bonds. The number of hydrogen-bond donors (Lipinski definition) is 0. The lowest BCUT2D eigenvalue weighted by atomic mass is 10.2. The molecule has 0 aromatic rings. The maximum atomic E-state index is 11.5. The summed E-state index contributed by atoms with van der Waals surface area (Å²) in [4.78, 5) is -0.748. The lowest BCUT2D eigenvalue weighted by Crippen LogP contribution is -2.19. The minimum Gasteiger partial charge on any atom is -0.312 e. The van der Waals surface area contributed by atoms with Gasteiger partial charge in [-0.1, -0.05) is 6.08 Å². The van der Waals surface area contributed by atoms with Gasteiger partial charge in [0, 0.05) is 14.2 Å². The van der Waals surface area contributed by atoms with E-state index in [0.717, 1.165) is 0 Å². The Bertz CT molecular complexity index is 195. The summed E-state index contributed by atoms with van der Waals surface area (Å²) >= 11 is 5.91. The molecule has 1 unspecified atom stereocenters. The van der Waals surface area contributed by atoms with Gasteiger partial charge in [-0.2, -0.15) is 0 Å². The van der Waals surface area contributed by atoms with E-state index in [-0.39, 0.29) is 6.16 Å². The molecule has 0 saturated heterocycles. The van der Waals surface area contributed by atoms with Crippen LogP contribution in [0.5, 0.6) is 0 Å². The van der Waals surface area contributed by atoms with Crippen LogP contribution in [0.2, 0.25) is 0 Å². The van der Waals surface area contributed by atoms with E-state index in [0.29, 0.717) is 0 Å². The van der Waals surface area contributed by atoms with Crippen LogP contribution in [0.25, 0.3) is 0 Å². The van der Waals surface area contributed by atoms with Crippen LogP contribution >= 0.6 is 19.2 Å². The van der Waals surface area contributed by atoms with Gasteiger partial charge in [0.2, 0.25) is 0 Å². The predicted molar refractivity (Wildman–Crippen MR) is 50.9 cm³/mol. The zero-order chi connectivity index (χ0) is 9.83. The van der Waals surface area contributed by atoms with E-state index in [1.807, 2.05) is 0 Å². The third-order valence-electron chi connectivity index (χ3n) is 1.48. The van der Waals surface area contributed by atoms with Crippen molar-refractivity contribution in [2.45, 2.75) is 11.8 Å². The Morgan fingerprint density at radius 1 is 1.58 bits per heavy atom. The van der Waals surface area contributed by atoms with Crippen molar-refractivity contribution >= 4 is 19.2 Å². The van der Waals surface area contributed by atoms with Gasteiger partial charge in [0.25, 0.3) is 0 Å². The SMILES string of the molecule is C=CC(C)(Cl)CP(=O)(OC)OC. The molecule has 1 atom stereocenters. The third kappa shape index (κ3) is 3.72. The monoisotopic (exact) mass is 212 g/mol. The summed E-state index contributed by atoms with van der Waals surface area (Å²) in [7, 11) is -0.355. The molecule has 0 spiro atoms. The van der Waals surface area contributed by atoms with Gasteiger partial charge in [0.15, 0.2) is 0 Å². The molecule has 72 valence electrons. The van der Waals surface area contributed by atoms with Crippen LogP contribution in [0.4, 0.5) is 0 Å². The normalized spacial score (nSPS) is 17.0. The highest BCUT2D eigenvalue weighted by molar-refractivity contribution is 7.54. The van der Waals surface area contributed by atoms with Gasteiger partial charge >= 0.3 is 7.60 Å². The Hall–Kier alpha value is 0.180. The summed E-state index contributed by atoms with van der Waals surface area (Å²) in [5.74, 6) is 0. The van der Waals surface area contributed by atoms with Crippen molar-refractivity contribution in [2.75, 3.05) is 20.4 Å². The summed E-state index contributed by atoms with van der Waals surface area (Å²) < 4.78 is 21.0. The largest absolute Gasteiger partial charge is 0.332 e. The van der Waals surface area contributed by atoms with Crippen LogP contribution < -0.4 is 0 Å². The average molecular weight is 213 g/mol. The second-order valence-corrected chi connectivity index (χ2v) is 5.75. The number of rotatable bonds is 5. The minimum atomic E-state index is -3.02. The molecule has 0 aromatic carbocycles. The standard InChI is InChI=1S/C7H14ClO3P/c1-5-7(2,8)6-12(9,10-3)11-4/h5H,1,6H2,2-4H3. The summed E-state index contributed by atoms with van der Waals surface area (Å²) in [5.41, 5.74) is 0. The van der Waals surface area contributed by atoms with Gasteiger partial charge in [0.1, 0.15) is 0 Å². The average Bonchev–Trinajstić information content (AvgIpc) is 2.04. The van der Waals surface area contributed by atoms with Crippen molar-refractivity contribution in [3.63, 3.8) is 0 Å². The van der Waals surface area contributed by atoms with Crippen molar-refractivity contribution in [2.24, 2.45) is 0 Å². The number of alkyl halides is 1. The molecule has 0 N–H and O–H groups in total. The Kier molecular flexibility index (Phi) is 4.49. The van der Waals surface area contributed by atoms with E-state index in [2.05, 4.69) is 6.58 Å². The van der Waals surface area contributed by atoms with E-state index < -0.39 is 12.5 Å². The topological polar surface area (TPSA) is 35.5 Å². The lowest BCUT2D eigenvalue weighted by Gasteiger charge is -2.21. The summed E-state index contributed by atoms with van der Waals surface area (Å²) in [6.07, 6.45) is 1.64. The first-order chi connectivity index (χ1) is 5.39. The van der Waals surface area contributed by atoms with Crippen molar-refractivity contribution in [1.29, 1.82) is 0 Å². The number of allylic oxidation sites excluding steroid dienone is 1. The molecule has 0 radical (unpaired) electrons. The summed E-state index contributed by atoms with van der Waals surface area (Å²) in [5, 5.41) is 0. The summed E-state index contributed by atoms with van der Waals surface area (Å²) in [6, 6.07) is 0. The van der Waals surface area contributed by atoms with E-state index in [4.69, 9.17) is 20.6 Å². The fourth-order valence-corrected chi connectivity index (χ4v) is 2.38. The van der Waals surface area contributed by atoms with Gasteiger partial charge in [-0.15, -0.1) is 18.2 Å². The lowest BCUT2D eigenvalue weighted by molar-refractivity contribution is 0.274. The molecular weight excluding hydrogens is 199 g/mol. The highest BCUT2D eigenvalue weighted by Crippen LogP contribution is 2.50. The van der Waals surface area contributed by atoms with Crippen molar-refractivity contribution < 1.29 is 13.6 Å². The molecule has 0 aromatic heterocycles. The molecule has 0 rings (SSSR count). The zero-order valence-electron chi connectivity index (χ0n) is 7.54. The van der Waals surface area contributed by atoms with Gasteiger partial charge in [-0.25, -0.2) is 0 Å². The molecule has 0 aliphatic heterocycles. The van der Waals surface area contributed by atoms with Gasteiger partial charge in [-0.05, 0) is 6.92 Å². The predicted octanol–water partition coefficient (Wildman–Crippen LogP) is 2.66. The first-order valence-electron chi connectivity index (χ1n) is 3.42. The van der Waals surface area contributed by atoms with Crippen molar-refractivity contribution in [3.05, 3.63) is 12.7 Å². The molecule has 0 bridgehead atoms. The third-order valence-corrected chi connectivity index (χ3v) is 4.12. The fraction of sp³-hybridized carbons (Fsp3) is 0.714. The molecule has 12 heavy (non-hydrogen) atoms. The van der Waals surface area contributed by atoms with Crippen LogP contribution in [0.1, 0.15) is 6.92 Å². The van der Waals surface area contributed by atoms with Crippen LogP contribution in [0.3, 0.4) is 0 Å². The maximum absolute atomic E-state index is 11.5. The molecule has 0 fully saturated rings. The Morgan fingerprint density at radius 2 is 2.00 bits per heavy atom. The first kappa shape index (κ1) is 12.2. The number of halogens is 1. The molecule has 0 saturated carbocycles. The van der Waals surface area contributed by atoms with Gasteiger partial charge in [0.05, 0.1) is 11.0 Å². The minimum absolute atomic E-state index is 0.123. The van der Waals surface area contributed by atoms with Crippen LogP contribution in [0, 0.1) is 0 Å². The quantitative estimate of drug-likeness (QED) is 0.399. The van der Waals surface area contributed by atoms with E-state index in [1.165, 1.54) is 20.3 Å². The molecule has 0 aliphatic rings. The van der Waals surface area contributed by atoms with E-state index in [1.54, 1.807) is 6.92 Å². The molecular formula is C7H14ClO3P. The van der Waals surface area contributed by atoms with Gasteiger partial charge in [-0.3, -0.25) is 4.57 Å². The Labute approximate surface area is 78.2 Å². The second-order valence-electron chi connectivity index (χ2n) is 2.62. The molecule has 5 heteroatoms. The molecule has 0 aliphatic carbocycles. The number of hydrogen-bond acceptors (Lipinski definition) is 3. The zero-order valence-corrected chi connectivity index (χ0v) is 9.19. The van der Waals surface area contributed by atoms with Crippen LogP contribution in [0.15, 0.2) is 12.7 Å². The van der Waals surface area contributed by atoms with Crippen molar-refractivity contribution in [1.82, 2.24) is 0 Å². The smallest absolute Gasteiger partial charge is 0.312 e. The maximum Gasteiger partial charge on any atom is 0.332 e. The highest BCUT2D eigenvalue weighted by atomic mass is 35.5. The fourth-order valence-electron chi connectivity index (χ4n) is 0.647. The molecule has 3 nitrogen and oxygen atoms in total. The summed E-state index contributed by atoms with van der Waals surface area (Å²) in [6.45, 7) is 5.22. The second kappa shape index (κ2) is 4.43. The van der Waals surface area contributed by atoms with Gasteiger partial charge < -0.3 is 9.05 Å². The molecule has 0 heterocycles.